The van der Waals surface area contributed by atoms with Crippen LogP contribution in [0.3, 0.4) is 0 Å². The highest BCUT2D eigenvalue weighted by Gasteiger charge is 2.17. The maximum Gasteiger partial charge on any atom is 0.341 e. The molecule has 0 unspecified atom stereocenters. The molecule has 0 aliphatic heterocycles. The van der Waals surface area contributed by atoms with Gasteiger partial charge >= 0.3 is 5.97 Å². The molecule has 6 nitrogen and oxygen atoms in total. The van der Waals surface area contributed by atoms with Crippen molar-refractivity contribution in [1.82, 2.24) is 9.97 Å². The van der Waals surface area contributed by atoms with Gasteiger partial charge in [0.25, 0.3) is 0 Å². The van der Waals surface area contributed by atoms with Crippen molar-refractivity contribution in [1.29, 1.82) is 5.26 Å². The summed E-state index contributed by atoms with van der Waals surface area (Å²) in [6.07, 6.45) is 0. The van der Waals surface area contributed by atoms with Crippen molar-refractivity contribution in [2.75, 3.05) is 6.61 Å². The first-order chi connectivity index (χ1) is 12.5. The molecule has 0 bridgehead atoms. The van der Waals surface area contributed by atoms with Gasteiger partial charge in [-0.15, -0.1) is 0 Å². The Balaban J connectivity index is 1.81. The number of nitrogens with zero attached hydrogens (tertiary/aromatic N) is 2. The summed E-state index contributed by atoms with van der Waals surface area (Å²) in [4.78, 5) is 18.9. The van der Waals surface area contributed by atoms with Crippen molar-refractivity contribution < 1.29 is 23.4 Å². The van der Waals surface area contributed by atoms with Gasteiger partial charge < -0.3 is 14.8 Å². The van der Waals surface area contributed by atoms with Crippen molar-refractivity contribution >= 4 is 22.6 Å². The first-order valence-corrected chi connectivity index (χ1v) is 7.39. The summed E-state index contributed by atoms with van der Waals surface area (Å²) in [5.74, 6) is -3.47. The molecule has 0 amide bonds. The Morgan fingerprint density at radius 2 is 2.04 bits per heavy atom. The van der Waals surface area contributed by atoms with Crippen LogP contribution in [0.2, 0.25) is 0 Å². The molecular weight excluding hydrogens is 344 g/mol. The molecule has 3 aromatic rings. The number of aliphatic hydroxyl groups is 1. The molecule has 3 rings (SSSR count). The van der Waals surface area contributed by atoms with Gasteiger partial charge in [-0.1, -0.05) is 12.1 Å². The van der Waals surface area contributed by atoms with Crippen molar-refractivity contribution in [3.8, 4) is 6.07 Å². The summed E-state index contributed by atoms with van der Waals surface area (Å²) in [5.41, 5.74) is 0.553. The summed E-state index contributed by atoms with van der Waals surface area (Å²) >= 11 is 0. The highest BCUT2D eigenvalue weighted by molar-refractivity contribution is 5.90. The van der Waals surface area contributed by atoms with Crippen LogP contribution in [0.4, 0.5) is 8.78 Å². The zero-order valence-electron chi connectivity index (χ0n) is 13.2. The second kappa shape index (κ2) is 7.03. The lowest BCUT2D eigenvalue weighted by Gasteiger charge is -2.06. The average molecular weight is 355 g/mol. The average Bonchev–Trinajstić information content (AvgIpc) is 3.04. The Kier molecular flexibility index (Phi) is 4.62. The van der Waals surface area contributed by atoms with Gasteiger partial charge in [0.1, 0.15) is 29.9 Å². The number of allylic oxidation sites excluding steroid dienone is 1. The number of imidazole rings is 1. The van der Waals surface area contributed by atoms with Gasteiger partial charge in [-0.3, -0.25) is 0 Å². The molecule has 1 heterocycles. The van der Waals surface area contributed by atoms with Gasteiger partial charge in [-0.25, -0.2) is 18.6 Å². The van der Waals surface area contributed by atoms with Crippen molar-refractivity contribution in [2.24, 2.45) is 0 Å². The van der Waals surface area contributed by atoms with Crippen LogP contribution >= 0.6 is 0 Å². The predicted octanol–water partition coefficient (Wildman–Crippen LogP) is 3.49. The second-order valence-electron chi connectivity index (χ2n) is 5.24. The number of rotatable bonds is 4. The molecule has 0 spiro atoms. The van der Waals surface area contributed by atoms with Gasteiger partial charge in [-0.05, 0) is 24.3 Å². The molecule has 8 heteroatoms. The summed E-state index contributed by atoms with van der Waals surface area (Å²) in [6, 6.07) is 11.2. The van der Waals surface area contributed by atoms with Crippen LogP contribution in [0.15, 0.2) is 48.2 Å². The molecule has 2 aromatic carbocycles. The molecule has 0 saturated heterocycles. The third-order valence-electron chi connectivity index (χ3n) is 3.52. The number of esters is 1. The minimum atomic E-state index is -1.10. The number of carbonyl (C=O) groups excluding carboxylic acids is 1. The number of nitrogens with one attached hydrogen (secondary N) is 1. The van der Waals surface area contributed by atoms with Crippen molar-refractivity contribution in [3.05, 3.63) is 71.2 Å². The largest absolute Gasteiger partial charge is 0.507 e. The Hall–Kier alpha value is -3.73. The maximum atomic E-state index is 13.6. The van der Waals surface area contributed by atoms with Crippen molar-refractivity contribution in [3.63, 3.8) is 0 Å². The Morgan fingerprint density at radius 3 is 2.73 bits per heavy atom. The number of hydrogen-bond donors (Lipinski definition) is 2. The fourth-order valence-electron chi connectivity index (χ4n) is 2.26. The van der Waals surface area contributed by atoms with Crippen LogP contribution in [0.25, 0.3) is 16.6 Å². The van der Waals surface area contributed by atoms with Crippen LogP contribution in [-0.4, -0.2) is 27.7 Å². The summed E-state index contributed by atoms with van der Waals surface area (Å²) < 4.78 is 31.2. The number of aromatic nitrogens is 2. The van der Waals surface area contributed by atoms with Crippen LogP contribution in [0, 0.1) is 23.0 Å². The number of H-pyrrole nitrogens is 1. The van der Waals surface area contributed by atoms with Crippen LogP contribution in [0.5, 0.6) is 0 Å². The van der Waals surface area contributed by atoms with Crippen molar-refractivity contribution in [2.45, 2.75) is 0 Å². The summed E-state index contributed by atoms with van der Waals surface area (Å²) in [7, 11) is 0. The van der Waals surface area contributed by atoms with Gasteiger partial charge in [0.15, 0.2) is 11.6 Å². The lowest BCUT2D eigenvalue weighted by Crippen LogP contribution is -2.11. The van der Waals surface area contributed by atoms with Gasteiger partial charge in [-0.2, -0.15) is 5.26 Å². The SMILES string of the molecule is N#C/C(=C(/O)COC(=O)c1ccc(F)cc1F)c1nc2ccccc2[nH]1. The summed E-state index contributed by atoms with van der Waals surface area (Å²) in [6.45, 7) is -0.671. The monoisotopic (exact) mass is 355 g/mol. The third-order valence-corrected chi connectivity index (χ3v) is 3.52. The minimum absolute atomic E-state index is 0.107. The van der Waals surface area contributed by atoms with E-state index in [-0.39, 0.29) is 11.4 Å². The van der Waals surface area contributed by atoms with E-state index in [9.17, 15) is 23.9 Å². The number of halogens is 2. The smallest absolute Gasteiger partial charge is 0.341 e. The van der Waals surface area contributed by atoms with E-state index in [0.29, 0.717) is 17.1 Å². The molecule has 0 aliphatic carbocycles. The highest BCUT2D eigenvalue weighted by atomic mass is 19.1. The van der Waals surface area contributed by atoms with Crippen LogP contribution < -0.4 is 0 Å². The quantitative estimate of drug-likeness (QED) is 0.424. The number of ether oxygens (including phenoxy) is 1. The van der Waals surface area contributed by atoms with E-state index in [4.69, 9.17) is 4.74 Å². The molecule has 0 radical (unpaired) electrons. The molecule has 130 valence electrons. The molecule has 0 fully saturated rings. The number of carbonyl (C=O) groups is 1. The van der Waals surface area contributed by atoms with E-state index in [2.05, 4.69) is 9.97 Å². The predicted molar refractivity (Wildman–Crippen MR) is 87.9 cm³/mol. The van der Waals surface area contributed by atoms with Gasteiger partial charge in [0.2, 0.25) is 0 Å². The highest BCUT2D eigenvalue weighted by Crippen LogP contribution is 2.19. The van der Waals surface area contributed by atoms with E-state index in [0.717, 1.165) is 12.1 Å². The molecule has 0 saturated carbocycles. The zero-order valence-corrected chi connectivity index (χ0v) is 13.2. The molecule has 26 heavy (non-hydrogen) atoms. The number of aliphatic hydroxyl groups excluding tert-OH is 1. The Labute approximate surface area is 146 Å². The number of fused-ring (bicyclic) bond motifs is 1. The second-order valence-corrected chi connectivity index (χ2v) is 5.24. The third kappa shape index (κ3) is 3.37. The lowest BCUT2D eigenvalue weighted by atomic mass is 10.2. The summed E-state index contributed by atoms with van der Waals surface area (Å²) in [5, 5.41) is 19.3. The molecule has 0 aliphatic rings. The van der Waals surface area contributed by atoms with Crippen LogP contribution in [0.1, 0.15) is 16.2 Å². The maximum absolute atomic E-state index is 13.6. The number of nitriles is 1. The normalized spacial score (nSPS) is 11.7. The zero-order chi connectivity index (χ0) is 18.7. The van der Waals surface area contributed by atoms with E-state index in [1.165, 1.54) is 0 Å². The van der Waals surface area contributed by atoms with E-state index in [1.807, 2.05) is 0 Å². The number of hydrogen-bond acceptors (Lipinski definition) is 5. The number of aromatic amines is 1. The first kappa shape index (κ1) is 17.1. The number of benzene rings is 2. The minimum Gasteiger partial charge on any atom is -0.507 e. The molecule has 2 N–H and O–H groups in total. The Morgan fingerprint density at radius 1 is 1.27 bits per heavy atom. The van der Waals surface area contributed by atoms with Crippen LogP contribution in [-0.2, 0) is 4.74 Å². The Bertz CT molecular complexity index is 1030. The van der Waals surface area contributed by atoms with E-state index < -0.39 is 35.5 Å². The molecular formula is C18H11F2N3O3. The van der Waals surface area contributed by atoms with E-state index in [1.54, 1.807) is 30.3 Å². The van der Waals surface area contributed by atoms with Gasteiger partial charge in [0, 0.05) is 6.07 Å². The topological polar surface area (TPSA) is 99.0 Å². The fraction of sp³-hybridized carbons (Fsp3) is 0.0556. The first-order valence-electron chi connectivity index (χ1n) is 7.39. The molecule has 1 aromatic heterocycles. The lowest BCUT2D eigenvalue weighted by molar-refractivity contribution is 0.0497. The number of para-hydroxylation sites is 2. The standard InChI is InChI=1S/C18H11F2N3O3/c19-10-5-6-11(13(20)7-10)18(25)26-9-16(24)12(8-21)17-22-14-3-1-2-4-15(14)23-17/h1-7,24H,9H2,(H,22,23)/b16-12-. The van der Waals surface area contributed by atoms with E-state index >= 15 is 0 Å². The molecule has 0 atom stereocenters. The fourth-order valence-corrected chi connectivity index (χ4v) is 2.26. The van der Waals surface area contributed by atoms with Gasteiger partial charge in [0.05, 0.1) is 16.6 Å².